The number of aromatic nitrogens is 3. The number of pyridine rings is 1. The van der Waals surface area contributed by atoms with Gasteiger partial charge in [-0.05, 0) is 48.9 Å². The third kappa shape index (κ3) is 4.11. The lowest BCUT2D eigenvalue weighted by Gasteiger charge is -2.34. The summed E-state index contributed by atoms with van der Waals surface area (Å²) in [5, 5.41) is 1.12. The zero-order valence-corrected chi connectivity index (χ0v) is 17.3. The van der Waals surface area contributed by atoms with Crippen molar-refractivity contribution in [2.75, 3.05) is 25.1 Å². The summed E-state index contributed by atoms with van der Waals surface area (Å²) in [5.74, 6) is 1.60. The second-order valence-electron chi connectivity index (χ2n) is 8.10. The van der Waals surface area contributed by atoms with Gasteiger partial charge in [0.15, 0.2) is 0 Å². The highest BCUT2D eigenvalue weighted by atomic mass is 16.5. The Labute approximate surface area is 171 Å². The number of piperidine rings is 1. The van der Waals surface area contributed by atoms with E-state index in [0.29, 0.717) is 5.92 Å². The van der Waals surface area contributed by atoms with Gasteiger partial charge in [0, 0.05) is 43.0 Å². The number of fused-ring (bicyclic) bond motifs is 1. The maximum atomic E-state index is 12.4. The van der Waals surface area contributed by atoms with E-state index in [1.807, 2.05) is 18.3 Å². The standard InChI is InChI=1S/C23H28N4O2/c1-16(2)21-13-23(28)27(15-25-21)14-17-7-10-26(11-8-17)22-6-9-24-20-5-4-18(29-3)12-19(20)22/h4-6,9,12-13,15-17H,7-8,10-11,14H2,1-3H3. The van der Waals surface area contributed by atoms with Crippen LogP contribution in [0.2, 0.25) is 0 Å². The van der Waals surface area contributed by atoms with Crippen LogP contribution in [0.5, 0.6) is 5.75 Å². The molecule has 0 radical (unpaired) electrons. The number of methoxy groups -OCH3 is 1. The van der Waals surface area contributed by atoms with Crippen LogP contribution >= 0.6 is 0 Å². The summed E-state index contributed by atoms with van der Waals surface area (Å²) in [6, 6.07) is 9.77. The minimum atomic E-state index is 0.0540. The molecular weight excluding hydrogens is 364 g/mol. The molecule has 0 amide bonds. The highest BCUT2D eigenvalue weighted by molar-refractivity contribution is 5.92. The van der Waals surface area contributed by atoms with E-state index in [4.69, 9.17) is 4.74 Å². The second kappa shape index (κ2) is 8.23. The number of ether oxygens (including phenoxy) is 1. The first-order valence-corrected chi connectivity index (χ1v) is 10.3. The number of hydrogen-bond acceptors (Lipinski definition) is 5. The van der Waals surface area contributed by atoms with Crippen LogP contribution in [0.1, 0.15) is 38.3 Å². The summed E-state index contributed by atoms with van der Waals surface area (Å²) in [6.07, 6.45) is 5.68. The van der Waals surface area contributed by atoms with Gasteiger partial charge in [-0.15, -0.1) is 0 Å². The molecule has 6 nitrogen and oxygen atoms in total. The van der Waals surface area contributed by atoms with Crippen molar-refractivity contribution in [1.82, 2.24) is 14.5 Å². The molecule has 3 heterocycles. The Kier molecular flexibility index (Phi) is 5.51. The molecule has 0 aliphatic carbocycles. The first-order chi connectivity index (χ1) is 14.0. The summed E-state index contributed by atoms with van der Waals surface area (Å²) in [7, 11) is 1.69. The topological polar surface area (TPSA) is 60.2 Å². The largest absolute Gasteiger partial charge is 0.497 e. The molecule has 1 aliphatic rings. The lowest BCUT2D eigenvalue weighted by atomic mass is 9.96. The second-order valence-corrected chi connectivity index (χ2v) is 8.10. The van der Waals surface area contributed by atoms with Crippen molar-refractivity contribution in [2.45, 2.75) is 39.2 Å². The molecule has 0 N–H and O–H groups in total. The number of hydrogen-bond donors (Lipinski definition) is 0. The van der Waals surface area contributed by atoms with Crippen molar-refractivity contribution >= 4 is 16.6 Å². The van der Waals surface area contributed by atoms with E-state index in [1.165, 1.54) is 5.69 Å². The molecule has 0 saturated carbocycles. The minimum absolute atomic E-state index is 0.0540. The van der Waals surface area contributed by atoms with Crippen LogP contribution in [0.3, 0.4) is 0 Å². The van der Waals surface area contributed by atoms with Crippen molar-refractivity contribution in [3.8, 4) is 5.75 Å². The lowest BCUT2D eigenvalue weighted by Crippen LogP contribution is -2.36. The molecule has 1 aromatic carbocycles. The smallest absolute Gasteiger partial charge is 0.253 e. The van der Waals surface area contributed by atoms with Gasteiger partial charge in [-0.3, -0.25) is 14.3 Å². The van der Waals surface area contributed by atoms with Gasteiger partial charge in [0.2, 0.25) is 0 Å². The molecular formula is C23H28N4O2. The molecule has 2 aromatic heterocycles. The molecule has 0 unspecified atom stereocenters. The zero-order valence-electron chi connectivity index (χ0n) is 17.3. The highest BCUT2D eigenvalue weighted by Gasteiger charge is 2.22. The van der Waals surface area contributed by atoms with Gasteiger partial charge in [-0.25, -0.2) is 4.98 Å². The monoisotopic (exact) mass is 392 g/mol. The predicted molar refractivity (Wildman–Crippen MR) is 116 cm³/mol. The van der Waals surface area contributed by atoms with Crippen LogP contribution in [0.15, 0.2) is 47.7 Å². The summed E-state index contributed by atoms with van der Waals surface area (Å²) in [6.45, 7) is 6.78. The van der Waals surface area contributed by atoms with Gasteiger partial charge < -0.3 is 9.64 Å². The van der Waals surface area contributed by atoms with Gasteiger partial charge >= 0.3 is 0 Å². The molecule has 1 saturated heterocycles. The van der Waals surface area contributed by atoms with E-state index in [0.717, 1.165) is 54.8 Å². The number of rotatable bonds is 5. The summed E-state index contributed by atoms with van der Waals surface area (Å²) in [4.78, 5) is 23.8. The van der Waals surface area contributed by atoms with Crippen molar-refractivity contribution in [3.63, 3.8) is 0 Å². The van der Waals surface area contributed by atoms with Gasteiger partial charge in [0.1, 0.15) is 5.75 Å². The third-order valence-electron chi connectivity index (χ3n) is 5.83. The molecule has 6 heteroatoms. The van der Waals surface area contributed by atoms with Crippen molar-refractivity contribution in [1.29, 1.82) is 0 Å². The van der Waals surface area contributed by atoms with Crippen LogP contribution < -0.4 is 15.2 Å². The normalized spacial score (nSPS) is 15.2. The maximum Gasteiger partial charge on any atom is 0.253 e. The van der Waals surface area contributed by atoms with Crippen LogP contribution in [0.25, 0.3) is 10.9 Å². The number of anilines is 1. The van der Waals surface area contributed by atoms with Crippen LogP contribution in [-0.4, -0.2) is 34.7 Å². The third-order valence-corrected chi connectivity index (χ3v) is 5.83. The first-order valence-electron chi connectivity index (χ1n) is 10.3. The van der Waals surface area contributed by atoms with E-state index < -0.39 is 0 Å². The Hall–Kier alpha value is -2.89. The van der Waals surface area contributed by atoms with Gasteiger partial charge in [0.25, 0.3) is 5.56 Å². The van der Waals surface area contributed by atoms with E-state index in [1.54, 1.807) is 24.1 Å². The zero-order chi connectivity index (χ0) is 20.4. The lowest BCUT2D eigenvalue weighted by molar-refractivity contribution is 0.351. The summed E-state index contributed by atoms with van der Waals surface area (Å²) >= 11 is 0. The fourth-order valence-electron chi connectivity index (χ4n) is 4.04. The SMILES string of the molecule is COc1ccc2nccc(N3CCC(Cn4cnc(C(C)C)cc4=O)CC3)c2c1. The van der Waals surface area contributed by atoms with E-state index in [2.05, 4.69) is 40.8 Å². The fraction of sp³-hybridized carbons (Fsp3) is 0.435. The molecule has 29 heavy (non-hydrogen) atoms. The number of benzene rings is 1. The van der Waals surface area contributed by atoms with Gasteiger partial charge in [0.05, 0.1) is 24.6 Å². The summed E-state index contributed by atoms with van der Waals surface area (Å²) in [5.41, 5.74) is 3.10. The number of nitrogens with zero attached hydrogens (tertiary/aromatic N) is 4. The Morgan fingerprint density at radius 1 is 1.14 bits per heavy atom. The molecule has 0 bridgehead atoms. The average molecular weight is 393 g/mol. The Bertz CT molecular complexity index is 1050. The predicted octanol–water partition coefficient (Wildman–Crippen LogP) is 3.84. The molecule has 0 spiro atoms. The van der Waals surface area contributed by atoms with Crippen LogP contribution in [0.4, 0.5) is 5.69 Å². The quantitative estimate of drug-likeness (QED) is 0.660. The molecule has 3 aromatic rings. The minimum Gasteiger partial charge on any atom is -0.497 e. The van der Waals surface area contributed by atoms with Crippen molar-refractivity contribution < 1.29 is 4.74 Å². The van der Waals surface area contributed by atoms with E-state index >= 15 is 0 Å². The average Bonchev–Trinajstić information content (AvgIpc) is 2.74. The Morgan fingerprint density at radius 3 is 2.62 bits per heavy atom. The fourth-order valence-corrected chi connectivity index (χ4v) is 4.04. The molecule has 0 atom stereocenters. The summed E-state index contributed by atoms with van der Waals surface area (Å²) < 4.78 is 7.16. The molecule has 1 aliphatic heterocycles. The van der Waals surface area contributed by atoms with Gasteiger partial charge in [-0.2, -0.15) is 0 Å². The maximum absolute atomic E-state index is 12.4. The van der Waals surface area contributed by atoms with Gasteiger partial charge in [-0.1, -0.05) is 13.8 Å². The van der Waals surface area contributed by atoms with E-state index in [9.17, 15) is 4.79 Å². The van der Waals surface area contributed by atoms with Crippen molar-refractivity contribution in [2.24, 2.45) is 5.92 Å². The highest BCUT2D eigenvalue weighted by Crippen LogP contribution is 2.31. The molecule has 1 fully saturated rings. The Balaban J connectivity index is 1.46. The van der Waals surface area contributed by atoms with E-state index in [-0.39, 0.29) is 11.5 Å². The van der Waals surface area contributed by atoms with Crippen molar-refractivity contribution in [3.05, 3.63) is 58.9 Å². The van der Waals surface area contributed by atoms with Crippen LogP contribution in [0, 0.1) is 5.92 Å². The molecule has 4 rings (SSSR count). The molecule has 152 valence electrons. The van der Waals surface area contributed by atoms with Crippen LogP contribution in [-0.2, 0) is 6.54 Å². The Morgan fingerprint density at radius 2 is 1.93 bits per heavy atom. The first kappa shape index (κ1) is 19.4.